The molecule has 1 saturated carbocycles. The lowest BCUT2D eigenvalue weighted by Gasteiger charge is -2.36. The Bertz CT molecular complexity index is 413. The predicted molar refractivity (Wildman–Crippen MR) is 84.6 cm³/mol. The number of hydrogen-bond acceptors (Lipinski definition) is 2. The summed E-state index contributed by atoms with van der Waals surface area (Å²) in [7, 11) is 0. The van der Waals surface area contributed by atoms with Gasteiger partial charge in [-0.2, -0.15) is 0 Å². The molecule has 1 aliphatic rings. The summed E-state index contributed by atoms with van der Waals surface area (Å²) < 4.78 is 1.13. The molecule has 1 aromatic rings. The number of benzene rings is 1. The third-order valence-electron chi connectivity index (χ3n) is 4.35. The smallest absolute Gasteiger partial charge is 0.0504 e. The molecular formula is C16H24BrNO. The van der Waals surface area contributed by atoms with E-state index in [1.165, 1.54) is 30.5 Å². The summed E-state index contributed by atoms with van der Waals surface area (Å²) >= 11 is 3.52. The first-order valence-electron chi connectivity index (χ1n) is 7.32. The standard InChI is InChI=1S/C16H24BrNO/c1-2-13-10-14(17)6-7-15(13)18-11-16(12-19)8-4-3-5-9-16/h6-7,10,18-19H,2-5,8-9,11-12H2,1H3. The highest BCUT2D eigenvalue weighted by Gasteiger charge is 2.31. The zero-order chi connectivity index (χ0) is 13.7. The minimum atomic E-state index is 0.0936. The van der Waals surface area contributed by atoms with Gasteiger partial charge in [0.1, 0.15) is 0 Å². The van der Waals surface area contributed by atoms with Gasteiger partial charge in [-0.15, -0.1) is 0 Å². The maximum absolute atomic E-state index is 9.74. The molecule has 1 aromatic carbocycles. The highest BCUT2D eigenvalue weighted by Crippen LogP contribution is 2.36. The molecule has 2 N–H and O–H groups in total. The van der Waals surface area contributed by atoms with Crippen LogP contribution in [-0.4, -0.2) is 18.3 Å². The molecule has 0 saturated heterocycles. The van der Waals surface area contributed by atoms with Crippen LogP contribution in [0.5, 0.6) is 0 Å². The van der Waals surface area contributed by atoms with E-state index in [1.54, 1.807) is 0 Å². The molecule has 0 heterocycles. The van der Waals surface area contributed by atoms with Crippen molar-refractivity contribution in [3.63, 3.8) is 0 Å². The van der Waals surface area contributed by atoms with Gasteiger partial charge in [-0.25, -0.2) is 0 Å². The van der Waals surface area contributed by atoms with Gasteiger partial charge in [0.25, 0.3) is 0 Å². The molecule has 2 rings (SSSR count). The molecule has 3 heteroatoms. The Hall–Kier alpha value is -0.540. The van der Waals surface area contributed by atoms with Gasteiger partial charge in [-0.1, -0.05) is 42.1 Å². The molecule has 0 aliphatic heterocycles. The molecule has 1 fully saturated rings. The fraction of sp³-hybridized carbons (Fsp3) is 0.625. The summed E-state index contributed by atoms with van der Waals surface area (Å²) in [5.74, 6) is 0. The number of hydrogen-bond donors (Lipinski definition) is 2. The van der Waals surface area contributed by atoms with E-state index in [-0.39, 0.29) is 5.41 Å². The predicted octanol–water partition coefficient (Wildman–Crippen LogP) is 4.37. The van der Waals surface area contributed by atoms with Crippen LogP contribution in [-0.2, 0) is 6.42 Å². The molecule has 1 aliphatic carbocycles. The van der Waals surface area contributed by atoms with Crippen LogP contribution in [0.3, 0.4) is 0 Å². The van der Waals surface area contributed by atoms with E-state index < -0.39 is 0 Å². The quantitative estimate of drug-likeness (QED) is 0.842. The summed E-state index contributed by atoms with van der Waals surface area (Å²) in [6.07, 6.45) is 7.14. The van der Waals surface area contributed by atoms with Crippen LogP contribution in [0.15, 0.2) is 22.7 Å². The Labute approximate surface area is 124 Å². The normalized spacial score (nSPS) is 18.3. The van der Waals surface area contributed by atoms with Crippen LogP contribution < -0.4 is 5.32 Å². The third-order valence-corrected chi connectivity index (χ3v) is 4.84. The number of aliphatic hydroxyl groups is 1. The van der Waals surface area contributed by atoms with Crippen molar-refractivity contribution < 1.29 is 5.11 Å². The van der Waals surface area contributed by atoms with Gasteiger partial charge in [-0.3, -0.25) is 0 Å². The first-order chi connectivity index (χ1) is 9.19. The second-order valence-corrected chi connectivity index (χ2v) is 6.64. The van der Waals surface area contributed by atoms with Crippen molar-refractivity contribution in [1.29, 1.82) is 0 Å². The van der Waals surface area contributed by atoms with Gasteiger partial charge in [0.2, 0.25) is 0 Å². The van der Waals surface area contributed by atoms with Crippen molar-refractivity contribution in [2.45, 2.75) is 45.4 Å². The van der Waals surface area contributed by atoms with E-state index in [9.17, 15) is 5.11 Å². The van der Waals surface area contributed by atoms with Crippen LogP contribution in [0.4, 0.5) is 5.69 Å². The summed E-state index contributed by atoms with van der Waals surface area (Å²) in [4.78, 5) is 0. The van der Waals surface area contributed by atoms with Crippen LogP contribution in [0.2, 0.25) is 0 Å². The SMILES string of the molecule is CCc1cc(Br)ccc1NCC1(CO)CCCCC1. The van der Waals surface area contributed by atoms with E-state index >= 15 is 0 Å². The fourth-order valence-corrected chi connectivity index (χ4v) is 3.41. The minimum Gasteiger partial charge on any atom is -0.396 e. The largest absolute Gasteiger partial charge is 0.396 e. The minimum absolute atomic E-state index is 0.0936. The fourth-order valence-electron chi connectivity index (χ4n) is 3.00. The molecule has 0 unspecified atom stereocenters. The van der Waals surface area contributed by atoms with Gasteiger partial charge in [0.15, 0.2) is 0 Å². The first kappa shape index (κ1) is 14.9. The van der Waals surface area contributed by atoms with Crippen molar-refractivity contribution in [1.82, 2.24) is 0 Å². The zero-order valence-electron chi connectivity index (χ0n) is 11.7. The molecule has 0 bridgehead atoms. The number of rotatable bonds is 5. The summed E-state index contributed by atoms with van der Waals surface area (Å²) in [5, 5.41) is 13.3. The lowest BCUT2D eigenvalue weighted by molar-refractivity contribution is 0.0944. The highest BCUT2D eigenvalue weighted by atomic mass is 79.9. The van der Waals surface area contributed by atoms with Crippen molar-refractivity contribution in [2.24, 2.45) is 5.41 Å². The van der Waals surface area contributed by atoms with E-state index in [4.69, 9.17) is 0 Å². The molecular weight excluding hydrogens is 302 g/mol. The van der Waals surface area contributed by atoms with Gasteiger partial charge < -0.3 is 10.4 Å². The molecule has 0 aromatic heterocycles. The lowest BCUT2D eigenvalue weighted by Crippen LogP contribution is -2.35. The molecule has 106 valence electrons. The Morgan fingerprint density at radius 3 is 2.63 bits per heavy atom. The third kappa shape index (κ3) is 3.73. The molecule has 0 radical (unpaired) electrons. The lowest BCUT2D eigenvalue weighted by atomic mass is 9.74. The Morgan fingerprint density at radius 2 is 2.00 bits per heavy atom. The van der Waals surface area contributed by atoms with Crippen molar-refractivity contribution >= 4 is 21.6 Å². The van der Waals surface area contributed by atoms with E-state index in [2.05, 4.69) is 46.4 Å². The van der Waals surface area contributed by atoms with Gasteiger partial charge in [0, 0.05) is 22.1 Å². The van der Waals surface area contributed by atoms with Crippen molar-refractivity contribution in [3.8, 4) is 0 Å². The van der Waals surface area contributed by atoms with Crippen LogP contribution >= 0.6 is 15.9 Å². The van der Waals surface area contributed by atoms with E-state index in [0.29, 0.717) is 6.61 Å². The van der Waals surface area contributed by atoms with E-state index in [1.807, 2.05) is 0 Å². The number of halogens is 1. The molecule has 2 nitrogen and oxygen atoms in total. The van der Waals surface area contributed by atoms with Crippen molar-refractivity contribution in [3.05, 3.63) is 28.2 Å². The van der Waals surface area contributed by atoms with Gasteiger partial charge >= 0.3 is 0 Å². The average molecular weight is 326 g/mol. The average Bonchev–Trinajstić information content (AvgIpc) is 2.47. The molecule has 19 heavy (non-hydrogen) atoms. The summed E-state index contributed by atoms with van der Waals surface area (Å²) in [6, 6.07) is 6.39. The van der Waals surface area contributed by atoms with Crippen molar-refractivity contribution in [2.75, 3.05) is 18.5 Å². The monoisotopic (exact) mass is 325 g/mol. The first-order valence-corrected chi connectivity index (χ1v) is 8.11. The molecule has 0 amide bonds. The number of aryl methyl sites for hydroxylation is 1. The molecule has 0 atom stereocenters. The van der Waals surface area contributed by atoms with Crippen LogP contribution in [0.1, 0.15) is 44.6 Å². The number of nitrogens with one attached hydrogen (secondary N) is 1. The Morgan fingerprint density at radius 1 is 1.26 bits per heavy atom. The van der Waals surface area contributed by atoms with Crippen LogP contribution in [0.25, 0.3) is 0 Å². The van der Waals surface area contributed by atoms with Gasteiger partial charge in [-0.05, 0) is 43.0 Å². The topological polar surface area (TPSA) is 32.3 Å². The second kappa shape index (κ2) is 6.76. The second-order valence-electron chi connectivity index (χ2n) is 5.73. The maximum atomic E-state index is 9.74. The van der Waals surface area contributed by atoms with Gasteiger partial charge in [0.05, 0.1) is 6.61 Å². The van der Waals surface area contributed by atoms with Crippen LogP contribution in [0, 0.1) is 5.41 Å². The highest BCUT2D eigenvalue weighted by molar-refractivity contribution is 9.10. The Kier molecular flexibility index (Phi) is 5.28. The molecule has 0 spiro atoms. The zero-order valence-corrected chi connectivity index (χ0v) is 13.3. The summed E-state index contributed by atoms with van der Waals surface area (Å²) in [5.41, 5.74) is 2.64. The number of aliphatic hydroxyl groups excluding tert-OH is 1. The maximum Gasteiger partial charge on any atom is 0.0504 e. The van der Waals surface area contributed by atoms with E-state index in [0.717, 1.165) is 30.3 Å². The Balaban J connectivity index is 2.04. The summed E-state index contributed by atoms with van der Waals surface area (Å²) in [6.45, 7) is 3.37. The number of anilines is 1.